The van der Waals surface area contributed by atoms with E-state index in [1.54, 1.807) is 23.0 Å². The van der Waals surface area contributed by atoms with E-state index in [-0.39, 0.29) is 17.2 Å². The maximum atomic E-state index is 13.7. The molecule has 6 nitrogen and oxygen atoms in total. The molecule has 0 aliphatic carbocycles. The number of aromatic nitrogens is 2. The number of ether oxygens (including phenoxy) is 1. The summed E-state index contributed by atoms with van der Waals surface area (Å²) in [6, 6.07) is 7.41. The fourth-order valence-electron chi connectivity index (χ4n) is 4.71. The first-order chi connectivity index (χ1) is 15.8. The summed E-state index contributed by atoms with van der Waals surface area (Å²) >= 11 is 2.91. The highest BCUT2D eigenvalue weighted by Gasteiger charge is 2.26. The van der Waals surface area contributed by atoms with Crippen LogP contribution in [0.5, 0.6) is 5.75 Å². The van der Waals surface area contributed by atoms with E-state index >= 15 is 0 Å². The van der Waals surface area contributed by atoms with Gasteiger partial charge in [0.2, 0.25) is 5.91 Å². The zero-order chi connectivity index (χ0) is 23.7. The Bertz CT molecular complexity index is 1220. The number of carbonyl (C=O) groups excluding carboxylic acids is 1. The Balaban J connectivity index is 1.74. The van der Waals surface area contributed by atoms with Gasteiger partial charge in [0.15, 0.2) is 5.16 Å². The summed E-state index contributed by atoms with van der Waals surface area (Å²) in [5, 5.41) is 1.20. The minimum atomic E-state index is -0.100. The smallest absolute Gasteiger partial charge is 0.267 e. The molecule has 1 aromatic carbocycles. The third-order valence-corrected chi connectivity index (χ3v) is 8.46. The second-order valence-electron chi connectivity index (χ2n) is 8.95. The van der Waals surface area contributed by atoms with Crippen molar-refractivity contribution < 1.29 is 9.53 Å². The molecular weight excluding hydrogens is 454 g/mol. The minimum absolute atomic E-state index is 0.0987. The number of hydrogen-bond acceptors (Lipinski definition) is 6. The number of methoxy groups -OCH3 is 1. The van der Waals surface area contributed by atoms with Crippen LogP contribution >= 0.6 is 23.1 Å². The first-order valence-electron chi connectivity index (χ1n) is 11.4. The third kappa shape index (κ3) is 4.82. The molecule has 0 bridgehead atoms. The van der Waals surface area contributed by atoms with Crippen molar-refractivity contribution in [1.82, 2.24) is 14.5 Å². The predicted molar refractivity (Wildman–Crippen MR) is 136 cm³/mol. The zero-order valence-corrected chi connectivity index (χ0v) is 21.5. The molecule has 3 heterocycles. The summed E-state index contributed by atoms with van der Waals surface area (Å²) in [5.74, 6) is 2.04. The van der Waals surface area contributed by atoms with Gasteiger partial charge < -0.3 is 9.64 Å². The second kappa shape index (κ2) is 9.89. The average molecular weight is 486 g/mol. The van der Waals surface area contributed by atoms with Crippen LogP contribution < -0.4 is 10.3 Å². The van der Waals surface area contributed by atoms with Gasteiger partial charge in [0.05, 0.1) is 23.9 Å². The normalized spacial score (nSPS) is 18.6. The van der Waals surface area contributed by atoms with E-state index in [2.05, 4.69) is 20.8 Å². The number of thioether (sulfide) groups is 1. The van der Waals surface area contributed by atoms with Crippen LogP contribution in [0.15, 0.2) is 34.2 Å². The highest BCUT2D eigenvalue weighted by molar-refractivity contribution is 7.99. The summed E-state index contributed by atoms with van der Waals surface area (Å²) in [4.78, 5) is 35.5. The number of piperidine rings is 1. The summed E-state index contributed by atoms with van der Waals surface area (Å²) in [7, 11) is 1.61. The highest BCUT2D eigenvalue weighted by Crippen LogP contribution is 2.31. The molecule has 176 valence electrons. The fraction of sp³-hybridized carbons (Fsp3) is 0.480. The van der Waals surface area contributed by atoms with Crippen molar-refractivity contribution in [2.24, 2.45) is 11.8 Å². The van der Waals surface area contributed by atoms with Gasteiger partial charge in [0.25, 0.3) is 5.56 Å². The lowest BCUT2D eigenvalue weighted by molar-refractivity contribution is -0.130. The summed E-state index contributed by atoms with van der Waals surface area (Å²) in [5.41, 5.74) is 1.58. The zero-order valence-electron chi connectivity index (χ0n) is 19.9. The predicted octanol–water partition coefficient (Wildman–Crippen LogP) is 4.92. The van der Waals surface area contributed by atoms with Gasteiger partial charge in [-0.15, -0.1) is 11.3 Å². The average Bonchev–Trinajstić information content (AvgIpc) is 3.12. The molecule has 2 unspecified atom stereocenters. The number of rotatable bonds is 6. The van der Waals surface area contributed by atoms with Crippen molar-refractivity contribution in [3.05, 3.63) is 45.1 Å². The van der Waals surface area contributed by atoms with Crippen molar-refractivity contribution in [1.29, 1.82) is 0 Å². The van der Waals surface area contributed by atoms with E-state index < -0.39 is 0 Å². The number of amides is 1. The van der Waals surface area contributed by atoms with Crippen LogP contribution in [0.1, 0.15) is 37.6 Å². The molecule has 1 aliphatic rings. The summed E-state index contributed by atoms with van der Waals surface area (Å²) in [6.45, 7) is 10.1. The molecule has 2 atom stereocenters. The maximum Gasteiger partial charge on any atom is 0.267 e. The second-order valence-corrected chi connectivity index (χ2v) is 11.0. The van der Waals surface area contributed by atoms with Crippen LogP contribution in [-0.2, 0) is 11.2 Å². The van der Waals surface area contributed by atoms with E-state index in [0.29, 0.717) is 33.8 Å². The topological polar surface area (TPSA) is 64.4 Å². The molecule has 1 saturated heterocycles. The van der Waals surface area contributed by atoms with E-state index in [9.17, 15) is 9.59 Å². The van der Waals surface area contributed by atoms with E-state index in [0.717, 1.165) is 36.3 Å². The SMILES string of the molecule is CCc1sc2nc(SCC(=O)N3CC(C)CC(C)C3)n(-c3cccc(OC)c3)c(=O)c2c1C. The van der Waals surface area contributed by atoms with Crippen LogP contribution in [0.3, 0.4) is 0 Å². The monoisotopic (exact) mass is 485 g/mol. The molecule has 8 heteroatoms. The number of fused-ring (bicyclic) bond motifs is 1. The first-order valence-corrected chi connectivity index (χ1v) is 13.2. The van der Waals surface area contributed by atoms with Crippen molar-refractivity contribution in [3.8, 4) is 11.4 Å². The van der Waals surface area contributed by atoms with Crippen molar-refractivity contribution in [2.45, 2.75) is 45.7 Å². The largest absolute Gasteiger partial charge is 0.497 e. The van der Waals surface area contributed by atoms with Crippen molar-refractivity contribution >= 4 is 39.2 Å². The van der Waals surface area contributed by atoms with Gasteiger partial charge in [0.1, 0.15) is 10.6 Å². The molecule has 1 amide bonds. The molecule has 4 rings (SSSR count). The molecular formula is C25H31N3O3S2. The van der Waals surface area contributed by atoms with Crippen molar-refractivity contribution in [3.63, 3.8) is 0 Å². The number of likely N-dealkylation sites (tertiary alicyclic amines) is 1. The van der Waals surface area contributed by atoms with Crippen LogP contribution in [0, 0.1) is 18.8 Å². The third-order valence-electron chi connectivity index (χ3n) is 6.21. The van der Waals surface area contributed by atoms with Gasteiger partial charge in [-0.3, -0.25) is 14.2 Å². The number of benzene rings is 1. The number of carbonyl (C=O) groups is 1. The Labute approximate surface area is 203 Å². The number of nitrogens with zero attached hydrogens (tertiary/aromatic N) is 3. The molecule has 1 fully saturated rings. The van der Waals surface area contributed by atoms with E-state index in [4.69, 9.17) is 9.72 Å². The lowest BCUT2D eigenvalue weighted by Gasteiger charge is -2.35. The lowest BCUT2D eigenvalue weighted by atomic mass is 9.92. The van der Waals surface area contributed by atoms with E-state index in [1.807, 2.05) is 36.1 Å². The van der Waals surface area contributed by atoms with Crippen LogP contribution in [0.4, 0.5) is 0 Å². The van der Waals surface area contributed by atoms with Crippen LogP contribution in [0.25, 0.3) is 15.9 Å². The lowest BCUT2D eigenvalue weighted by Crippen LogP contribution is -2.43. The fourth-order valence-corrected chi connectivity index (χ4v) is 6.78. The van der Waals surface area contributed by atoms with Crippen LogP contribution in [-0.4, -0.2) is 46.3 Å². The molecule has 0 radical (unpaired) electrons. The standard InChI is InChI=1S/C25H31N3O3S2/c1-6-20-17(4)22-23(33-20)26-25(28(24(22)30)18-8-7-9-19(11-18)31-5)32-14-21(29)27-12-15(2)10-16(3)13-27/h7-9,11,15-16H,6,10,12-14H2,1-5H3. The quantitative estimate of drug-likeness (QED) is 0.366. The molecule has 3 aromatic rings. The van der Waals surface area contributed by atoms with Crippen LogP contribution in [0.2, 0.25) is 0 Å². The molecule has 0 spiro atoms. The van der Waals surface area contributed by atoms with Gasteiger partial charge in [-0.1, -0.05) is 38.6 Å². The Kier molecular flexibility index (Phi) is 7.14. The first kappa shape index (κ1) is 23.8. The molecule has 2 aromatic heterocycles. The van der Waals surface area contributed by atoms with Gasteiger partial charge >= 0.3 is 0 Å². The molecule has 1 aliphatic heterocycles. The Hall–Kier alpha value is -2.32. The van der Waals surface area contributed by atoms with Gasteiger partial charge in [-0.25, -0.2) is 4.98 Å². The number of aryl methyl sites for hydroxylation is 2. The van der Waals surface area contributed by atoms with Gasteiger partial charge in [-0.05, 0) is 49.3 Å². The molecule has 0 saturated carbocycles. The molecule has 0 N–H and O–H groups in total. The highest BCUT2D eigenvalue weighted by atomic mass is 32.2. The maximum absolute atomic E-state index is 13.7. The molecule has 33 heavy (non-hydrogen) atoms. The summed E-state index contributed by atoms with van der Waals surface area (Å²) in [6.07, 6.45) is 2.01. The van der Waals surface area contributed by atoms with Crippen molar-refractivity contribution in [2.75, 3.05) is 26.0 Å². The van der Waals surface area contributed by atoms with E-state index in [1.165, 1.54) is 16.6 Å². The summed E-state index contributed by atoms with van der Waals surface area (Å²) < 4.78 is 7.01. The Morgan fingerprint density at radius 1 is 1.27 bits per heavy atom. The number of hydrogen-bond donors (Lipinski definition) is 0. The minimum Gasteiger partial charge on any atom is -0.497 e. The van der Waals surface area contributed by atoms with Gasteiger partial charge in [0, 0.05) is 24.0 Å². The number of thiophene rings is 1. The van der Waals surface area contributed by atoms with Gasteiger partial charge in [-0.2, -0.15) is 0 Å². The Morgan fingerprint density at radius 2 is 2.00 bits per heavy atom. The Morgan fingerprint density at radius 3 is 2.67 bits per heavy atom.